The van der Waals surface area contributed by atoms with Crippen LogP contribution in [0.3, 0.4) is 0 Å². The predicted molar refractivity (Wildman–Crippen MR) is 158 cm³/mol. The zero-order valence-corrected chi connectivity index (χ0v) is 23.6. The van der Waals surface area contributed by atoms with Crippen LogP contribution in [0.15, 0.2) is 60.9 Å². The van der Waals surface area contributed by atoms with Crippen molar-refractivity contribution in [2.75, 3.05) is 34.2 Å². The van der Waals surface area contributed by atoms with E-state index in [2.05, 4.69) is 39.3 Å². The lowest BCUT2D eigenvalue weighted by molar-refractivity contribution is -0.686. The molecule has 7 rings (SSSR count). The number of amides is 1. The molecule has 0 aliphatic carbocycles. The molecule has 0 radical (unpaired) electrons. The normalized spacial score (nSPS) is 13.1. The molecule has 2 aliphatic heterocycles. The summed E-state index contributed by atoms with van der Waals surface area (Å²) in [6.07, 6.45) is 5.94. The molecule has 0 saturated carbocycles. The quantitative estimate of drug-likeness (QED) is 0.251. The van der Waals surface area contributed by atoms with Crippen molar-refractivity contribution in [1.29, 1.82) is 0 Å². The largest absolute Gasteiger partial charge is 0.497 e. The summed E-state index contributed by atoms with van der Waals surface area (Å²) in [6, 6.07) is 16.2. The van der Waals surface area contributed by atoms with Crippen molar-refractivity contribution in [2.24, 2.45) is 0 Å². The third kappa shape index (κ3) is 4.70. The maximum atomic E-state index is 12.7. The Labute approximate surface area is 242 Å². The molecular formula is C33H32N3O6+. The van der Waals surface area contributed by atoms with Gasteiger partial charge in [0, 0.05) is 36.1 Å². The zero-order valence-electron chi connectivity index (χ0n) is 23.6. The van der Waals surface area contributed by atoms with Gasteiger partial charge in [0.2, 0.25) is 18.4 Å². The van der Waals surface area contributed by atoms with Crippen molar-refractivity contribution >= 4 is 27.6 Å². The summed E-state index contributed by atoms with van der Waals surface area (Å²) in [5.41, 5.74) is 5.69. The van der Waals surface area contributed by atoms with E-state index in [1.807, 2.05) is 36.5 Å². The first kappa shape index (κ1) is 26.0. The van der Waals surface area contributed by atoms with E-state index in [-0.39, 0.29) is 25.7 Å². The van der Waals surface area contributed by atoms with Gasteiger partial charge in [-0.15, -0.1) is 0 Å². The first-order valence-electron chi connectivity index (χ1n) is 14.1. The molecule has 42 heavy (non-hydrogen) atoms. The molecule has 4 heterocycles. The van der Waals surface area contributed by atoms with Crippen molar-refractivity contribution in [3.05, 3.63) is 72.1 Å². The number of fused-ring (bicyclic) bond motifs is 6. The van der Waals surface area contributed by atoms with Crippen molar-refractivity contribution in [3.8, 4) is 40.0 Å². The number of pyridine rings is 1. The van der Waals surface area contributed by atoms with Gasteiger partial charge in [0.15, 0.2) is 35.7 Å². The first-order valence-corrected chi connectivity index (χ1v) is 14.1. The third-order valence-electron chi connectivity index (χ3n) is 8.06. The van der Waals surface area contributed by atoms with Gasteiger partial charge in [-0.05, 0) is 65.4 Å². The van der Waals surface area contributed by atoms with Crippen molar-refractivity contribution in [2.45, 2.75) is 25.8 Å². The van der Waals surface area contributed by atoms with E-state index in [4.69, 9.17) is 23.7 Å². The van der Waals surface area contributed by atoms with Crippen LogP contribution in [0.1, 0.15) is 17.5 Å². The number of carbonyl (C=O) groups is 1. The van der Waals surface area contributed by atoms with Crippen LogP contribution in [-0.2, 0) is 24.2 Å². The number of benzene rings is 3. The van der Waals surface area contributed by atoms with E-state index in [1.165, 1.54) is 5.56 Å². The monoisotopic (exact) mass is 566 g/mol. The summed E-state index contributed by atoms with van der Waals surface area (Å²) in [4.78, 5) is 15.9. The second-order valence-corrected chi connectivity index (χ2v) is 10.5. The lowest BCUT2D eigenvalue weighted by atomic mass is 9.95. The second kappa shape index (κ2) is 10.8. The van der Waals surface area contributed by atoms with Crippen LogP contribution in [0.4, 0.5) is 0 Å². The number of ether oxygens (including phenoxy) is 5. The fraction of sp³-hybridized carbons (Fsp3) is 0.273. The molecule has 9 heteroatoms. The summed E-state index contributed by atoms with van der Waals surface area (Å²) in [7, 11) is 3.29. The van der Waals surface area contributed by atoms with E-state index in [9.17, 15) is 4.79 Å². The Hall–Kier alpha value is -4.92. The molecule has 214 valence electrons. The van der Waals surface area contributed by atoms with Crippen LogP contribution < -0.4 is 33.6 Å². The van der Waals surface area contributed by atoms with Gasteiger partial charge in [0.1, 0.15) is 5.75 Å². The Morgan fingerprint density at radius 1 is 1.02 bits per heavy atom. The Morgan fingerprint density at radius 3 is 2.76 bits per heavy atom. The third-order valence-corrected chi connectivity index (χ3v) is 8.06. The molecule has 5 aromatic rings. The highest BCUT2D eigenvalue weighted by Crippen LogP contribution is 2.41. The van der Waals surface area contributed by atoms with Crippen LogP contribution in [0.25, 0.3) is 32.9 Å². The van der Waals surface area contributed by atoms with Crippen LogP contribution in [0.2, 0.25) is 0 Å². The van der Waals surface area contributed by atoms with Crippen molar-refractivity contribution < 1.29 is 33.0 Å². The number of aromatic nitrogens is 2. The number of nitrogens with zero attached hydrogens (tertiary/aromatic N) is 1. The van der Waals surface area contributed by atoms with Gasteiger partial charge in [-0.25, -0.2) is 0 Å². The maximum Gasteiger partial charge on any atom is 0.231 e. The number of nitrogens with one attached hydrogen (secondary N) is 2. The van der Waals surface area contributed by atoms with E-state index < -0.39 is 0 Å². The SMILES string of the molecule is COc1ccc2[nH]cc(CCNC(=O)CCOc3c(OC)ccc4cc5[n+](cc34)CCc3cc4c(cc3-5)OCO4)c2c1. The molecule has 0 saturated heterocycles. The van der Waals surface area contributed by atoms with Gasteiger partial charge in [-0.2, -0.15) is 4.57 Å². The summed E-state index contributed by atoms with van der Waals surface area (Å²) in [5, 5.41) is 6.09. The molecule has 1 amide bonds. The molecule has 0 spiro atoms. The van der Waals surface area contributed by atoms with Crippen LogP contribution >= 0.6 is 0 Å². The molecular weight excluding hydrogens is 534 g/mol. The van der Waals surface area contributed by atoms with Gasteiger partial charge in [-0.3, -0.25) is 4.79 Å². The number of rotatable bonds is 9. The number of hydrogen-bond donors (Lipinski definition) is 2. The van der Waals surface area contributed by atoms with Gasteiger partial charge in [0.25, 0.3) is 0 Å². The minimum atomic E-state index is -0.0614. The minimum Gasteiger partial charge on any atom is -0.497 e. The highest BCUT2D eigenvalue weighted by Gasteiger charge is 2.28. The first-order chi connectivity index (χ1) is 20.6. The maximum absolute atomic E-state index is 12.7. The average Bonchev–Trinajstić information content (AvgIpc) is 3.65. The Bertz CT molecular complexity index is 1830. The summed E-state index contributed by atoms with van der Waals surface area (Å²) < 4.78 is 30.7. The van der Waals surface area contributed by atoms with E-state index in [0.717, 1.165) is 68.7 Å². The Kier molecular flexibility index (Phi) is 6.70. The lowest BCUT2D eigenvalue weighted by Crippen LogP contribution is -2.40. The van der Waals surface area contributed by atoms with Crippen LogP contribution in [0.5, 0.6) is 28.7 Å². The van der Waals surface area contributed by atoms with Gasteiger partial charge < -0.3 is 34.0 Å². The highest BCUT2D eigenvalue weighted by molar-refractivity contribution is 5.92. The molecule has 9 nitrogen and oxygen atoms in total. The Morgan fingerprint density at radius 2 is 1.90 bits per heavy atom. The molecule has 3 aromatic carbocycles. The van der Waals surface area contributed by atoms with Crippen LogP contribution in [-0.4, -0.2) is 45.1 Å². The Balaban J connectivity index is 1.03. The molecule has 0 fully saturated rings. The van der Waals surface area contributed by atoms with Gasteiger partial charge >= 0.3 is 0 Å². The van der Waals surface area contributed by atoms with Crippen molar-refractivity contribution in [3.63, 3.8) is 0 Å². The van der Waals surface area contributed by atoms with E-state index in [1.54, 1.807) is 14.2 Å². The molecule has 0 bridgehead atoms. The standard InChI is InChI=1S/C33H31N3O6/c1-38-23-4-5-27-24(15-23)22(17-35-27)7-10-34-32(37)9-12-40-33-26-18-36-11-8-21-14-30-31(42-19-41-30)16-25(21)28(36)13-20(26)3-6-29(33)39-2/h3-6,13-18,35H,7-12,19H2,1-2H3/p+1. The zero-order chi connectivity index (χ0) is 28.6. The fourth-order valence-electron chi connectivity index (χ4n) is 5.87. The highest BCUT2D eigenvalue weighted by atomic mass is 16.7. The van der Waals surface area contributed by atoms with Crippen LogP contribution in [0, 0.1) is 0 Å². The predicted octanol–water partition coefficient (Wildman–Crippen LogP) is 4.71. The molecule has 2 aromatic heterocycles. The number of aryl methyl sites for hydroxylation is 2. The number of carbonyl (C=O) groups excluding carboxylic acids is 1. The number of methoxy groups -OCH3 is 2. The average molecular weight is 567 g/mol. The van der Waals surface area contributed by atoms with E-state index >= 15 is 0 Å². The fourth-order valence-corrected chi connectivity index (χ4v) is 5.87. The molecule has 0 atom stereocenters. The van der Waals surface area contributed by atoms with Gasteiger partial charge in [0.05, 0.1) is 38.2 Å². The van der Waals surface area contributed by atoms with Gasteiger partial charge in [-0.1, -0.05) is 0 Å². The number of H-pyrrole nitrogens is 1. The molecule has 2 aliphatic rings. The summed E-state index contributed by atoms with van der Waals surface area (Å²) >= 11 is 0. The molecule has 2 N–H and O–H groups in total. The van der Waals surface area contributed by atoms with E-state index in [0.29, 0.717) is 24.5 Å². The number of hydrogen-bond acceptors (Lipinski definition) is 6. The molecule has 0 unspecified atom stereocenters. The summed E-state index contributed by atoms with van der Waals surface area (Å²) in [6.45, 7) is 1.86. The lowest BCUT2D eigenvalue weighted by Gasteiger charge is -2.18. The minimum absolute atomic E-state index is 0.0614. The number of aromatic amines is 1. The second-order valence-electron chi connectivity index (χ2n) is 10.5. The smallest absolute Gasteiger partial charge is 0.231 e. The topological polar surface area (TPSA) is 94.9 Å². The summed E-state index contributed by atoms with van der Waals surface area (Å²) in [5.74, 6) is 3.62. The van der Waals surface area contributed by atoms with Crippen molar-refractivity contribution in [1.82, 2.24) is 10.3 Å².